The predicted molar refractivity (Wildman–Crippen MR) is 95.6 cm³/mol. The lowest BCUT2D eigenvalue weighted by molar-refractivity contribution is -0.707. The fourth-order valence-corrected chi connectivity index (χ4v) is 3.85. The third-order valence-electron chi connectivity index (χ3n) is 4.88. The molecular weight excluding hydrogens is 320 g/mol. The molecule has 122 valence electrons. The van der Waals surface area contributed by atoms with Gasteiger partial charge in [-0.3, -0.25) is 4.79 Å². The van der Waals surface area contributed by atoms with Crippen molar-refractivity contribution in [2.45, 2.75) is 38.8 Å². The largest absolute Gasteiger partial charge is 0.347 e. The SMILES string of the molecule is CCCn1ccc2c[n+](C3CCc4ccc(Cl)cc4C3=O)ccc21. The Kier molecular flexibility index (Phi) is 3.89. The van der Waals surface area contributed by atoms with Gasteiger partial charge in [-0.15, -0.1) is 0 Å². The summed E-state index contributed by atoms with van der Waals surface area (Å²) in [5.41, 5.74) is 3.10. The molecule has 0 N–H and O–H groups in total. The molecule has 4 heteroatoms. The molecule has 1 aliphatic carbocycles. The minimum atomic E-state index is -0.144. The predicted octanol–water partition coefficient (Wildman–Crippen LogP) is 4.36. The molecule has 0 amide bonds. The van der Waals surface area contributed by atoms with Crippen LogP contribution in [0, 0.1) is 0 Å². The second-order valence-electron chi connectivity index (χ2n) is 6.46. The van der Waals surface area contributed by atoms with E-state index in [4.69, 9.17) is 11.6 Å². The van der Waals surface area contributed by atoms with Crippen LogP contribution in [0.2, 0.25) is 5.02 Å². The van der Waals surface area contributed by atoms with Crippen molar-refractivity contribution in [1.29, 1.82) is 0 Å². The minimum absolute atomic E-state index is 0.144. The van der Waals surface area contributed by atoms with Crippen molar-refractivity contribution in [3.05, 3.63) is 65.1 Å². The monoisotopic (exact) mass is 339 g/mol. The van der Waals surface area contributed by atoms with Gasteiger partial charge in [-0.1, -0.05) is 24.6 Å². The number of nitrogens with zero attached hydrogens (tertiary/aromatic N) is 2. The maximum Gasteiger partial charge on any atom is 0.230 e. The summed E-state index contributed by atoms with van der Waals surface area (Å²) < 4.78 is 4.32. The van der Waals surface area contributed by atoms with Gasteiger partial charge in [-0.05, 0) is 36.6 Å². The van der Waals surface area contributed by atoms with Crippen molar-refractivity contribution in [2.75, 3.05) is 0 Å². The number of fused-ring (bicyclic) bond motifs is 2. The highest BCUT2D eigenvalue weighted by atomic mass is 35.5. The number of ketones is 1. The number of carbonyl (C=O) groups is 1. The van der Waals surface area contributed by atoms with Gasteiger partial charge in [0.1, 0.15) is 0 Å². The van der Waals surface area contributed by atoms with E-state index in [1.807, 2.05) is 24.4 Å². The van der Waals surface area contributed by atoms with E-state index in [2.05, 4.69) is 40.6 Å². The van der Waals surface area contributed by atoms with Crippen LogP contribution < -0.4 is 4.57 Å². The highest BCUT2D eigenvalue weighted by molar-refractivity contribution is 6.31. The summed E-state index contributed by atoms with van der Waals surface area (Å²) in [4.78, 5) is 12.9. The van der Waals surface area contributed by atoms with E-state index in [9.17, 15) is 4.79 Å². The number of carbonyl (C=O) groups excluding carboxylic acids is 1. The molecule has 3 aromatic rings. The van der Waals surface area contributed by atoms with Gasteiger partial charge in [-0.25, -0.2) is 0 Å². The number of rotatable bonds is 3. The van der Waals surface area contributed by atoms with Gasteiger partial charge in [0.2, 0.25) is 11.8 Å². The molecule has 0 bridgehead atoms. The van der Waals surface area contributed by atoms with E-state index in [-0.39, 0.29) is 11.8 Å². The molecule has 1 aromatic carbocycles. The van der Waals surface area contributed by atoms with Crippen LogP contribution in [0.5, 0.6) is 0 Å². The Labute approximate surface area is 146 Å². The topological polar surface area (TPSA) is 25.9 Å². The van der Waals surface area contributed by atoms with E-state index in [1.165, 1.54) is 10.9 Å². The summed E-state index contributed by atoms with van der Waals surface area (Å²) in [5.74, 6) is 0.163. The molecule has 0 spiro atoms. The number of aromatic nitrogens is 2. The Morgan fingerprint density at radius 2 is 2.17 bits per heavy atom. The number of pyridine rings is 1. The highest BCUT2D eigenvalue weighted by Crippen LogP contribution is 2.28. The van der Waals surface area contributed by atoms with Crippen LogP contribution in [0.25, 0.3) is 10.9 Å². The smallest absolute Gasteiger partial charge is 0.230 e. The third-order valence-corrected chi connectivity index (χ3v) is 5.12. The van der Waals surface area contributed by atoms with E-state index < -0.39 is 0 Å². The molecule has 1 atom stereocenters. The maximum atomic E-state index is 12.9. The second kappa shape index (κ2) is 6.06. The average molecular weight is 340 g/mol. The van der Waals surface area contributed by atoms with Gasteiger partial charge in [-0.2, -0.15) is 4.57 Å². The van der Waals surface area contributed by atoms with E-state index in [1.54, 1.807) is 0 Å². The Morgan fingerprint density at radius 3 is 3.00 bits per heavy atom. The fraction of sp³-hybridized carbons (Fsp3) is 0.300. The zero-order valence-electron chi connectivity index (χ0n) is 13.7. The molecule has 1 unspecified atom stereocenters. The molecule has 2 heterocycles. The number of hydrogen-bond acceptors (Lipinski definition) is 1. The Bertz CT molecular complexity index is 929. The lowest BCUT2D eigenvalue weighted by atomic mass is 9.87. The van der Waals surface area contributed by atoms with Crippen molar-refractivity contribution in [3.63, 3.8) is 0 Å². The first-order valence-corrected chi connectivity index (χ1v) is 8.87. The van der Waals surface area contributed by atoms with Crippen molar-refractivity contribution in [1.82, 2.24) is 4.57 Å². The third kappa shape index (κ3) is 2.53. The fourth-order valence-electron chi connectivity index (χ4n) is 3.68. The van der Waals surface area contributed by atoms with Gasteiger partial charge in [0.05, 0.1) is 10.9 Å². The molecular formula is C20H20ClN2O+. The Hall–Kier alpha value is -2.13. The summed E-state index contributed by atoms with van der Waals surface area (Å²) >= 11 is 6.08. The summed E-state index contributed by atoms with van der Waals surface area (Å²) in [5, 5.41) is 1.80. The van der Waals surface area contributed by atoms with Crippen LogP contribution in [0.3, 0.4) is 0 Å². The first-order chi connectivity index (χ1) is 11.7. The Morgan fingerprint density at radius 1 is 1.29 bits per heavy atom. The molecule has 2 aromatic heterocycles. The van der Waals surface area contributed by atoms with Gasteiger partial charge in [0.25, 0.3) is 0 Å². The number of aryl methyl sites for hydroxylation is 2. The van der Waals surface area contributed by atoms with Crippen molar-refractivity contribution >= 4 is 28.3 Å². The normalized spacial score (nSPS) is 17.2. The van der Waals surface area contributed by atoms with Crippen molar-refractivity contribution in [2.24, 2.45) is 0 Å². The van der Waals surface area contributed by atoms with Gasteiger partial charge in [0.15, 0.2) is 12.4 Å². The summed E-state index contributed by atoms with van der Waals surface area (Å²) in [6, 6.07) is 9.75. The number of hydrogen-bond donors (Lipinski definition) is 0. The highest BCUT2D eigenvalue weighted by Gasteiger charge is 2.34. The summed E-state index contributed by atoms with van der Waals surface area (Å²) in [6.07, 6.45) is 9.10. The molecule has 0 saturated heterocycles. The molecule has 4 rings (SSSR count). The molecule has 0 fully saturated rings. The summed E-state index contributed by atoms with van der Waals surface area (Å²) in [6.45, 7) is 3.19. The molecule has 0 aliphatic heterocycles. The van der Waals surface area contributed by atoms with Crippen LogP contribution in [-0.2, 0) is 13.0 Å². The van der Waals surface area contributed by atoms with Crippen LogP contribution in [0.15, 0.2) is 48.9 Å². The quantitative estimate of drug-likeness (QED) is 0.651. The standard InChI is InChI=1S/C20H20ClN2O/c1-2-9-22-10-7-15-13-23(11-8-18(15)22)19-6-4-14-3-5-16(21)12-17(14)20(19)24/h3,5,7-8,10-13,19H,2,4,6,9H2,1H3/q+1. The first kappa shape index (κ1) is 15.4. The zero-order chi connectivity index (χ0) is 16.7. The van der Waals surface area contributed by atoms with E-state index in [0.29, 0.717) is 5.02 Å². The lowest BCUT2D eigenvalue weighted by Crippen LogP contribution is -2.45. The van der Waals surface area contributed by atoms with Crippen LogP contribution >= 0.6 is 11.6 Å². The minimum Gasteiger partial charge on any atom is -0.347 e. The van der Waals surface area contributed by atoms with Crippen LogP contribution in [0.4, 0.5) is 0 Å². The van der Waals surface area contributed by atoms with Crippen molar-refractivity contribution < 1.29 is 9.36 Å². The first-order valence-electron chi connectivity index (χ1n) is 8.49. The number of halogens is 1. The van der Waals surface area contributed by atoms with Crippen LogP contribution in [0.1, 0.15) is 41.7 Å². The van der Waals surface area contributed by atoms with Gasteiger partial charge in [0, 0.05) is 35.8 Å². The van der Waals surface area contributed by atoms with Gasteiger partial charge >= 0.3 is 0 Å². The number of Topliss-reactive ketones (excluding diaryl/α,β-unsaturated/α-hetero) is 1. The molecule has 1 aliphatic rings. The maximum absolute atomic E-state index is 12.9. The molecule has 24 heavy (non-hydrogen) atoms. The summed E-state index contributed by atoms with van der Waals surface area (Å²) in [7, 11) is 0. The lowest BCUT2D eigenvalue weighted by Gasteiger charge is -2.20. The van der Waals surface area contributed by atoms with Gasteiger partial charge < -0.3 is 4.57 Å². The van der Waals surface area contributed by atoms with Crippen LogP contribution in [-0.4, -0.2) is 10.4 Å². The molecule has 3 nitrogen and oxygen atoms in total. The Balaban J connectivity index is 1.71. The molecule has 0 saturated carbocycles. The van der Waals surface area contributed by atoms with Crippen molar-refractivity contribution in [3.8, 4) is 0 Å². The molecule has 0 radical (unpaired) electrons. The second-order valence-corrected chi connectivity index (χ2v) is 6.90. The zero-order valence-corrected chi connectivity index (χ0v) is 14.5. The average Bonchev–Trinajstić information content (AvgIpc) is 2.98. The van der Waals surface area contributed by atoms with E-state index >= 15 is 0 Å². The number of benzene rings is 1. The van der Waals surface area contributed by atoms with E-state index in [0.717, 1.165) is 36.9 Å².